The van der Waals surface area contributed by atoms with Crippen molar-refractivity contribution < 1.29 is 28.5 Å². The zero-order valence-electron chi connectivity index (χ0n) is 29.0. The van der Waals surface area contributed by atoms with Gasteiger partial charge in [-0.15, -0.1) is 0 Å². The van der Waals surface area contributed by atoms with Gasteiger partial charge in [-0.1, -0.05) is 113 Å². The maximum atomic E-state index is 13.2. The number of ether oxygens (including phenoxy) is 4. The lowest BCUT2D eigenvalue weighted by Crippen LogP contribution is -2.39. The van der Waals surface area contributed by atoms with Gasteiger partial charge in [-0.25, -0.2) is 9.59 Å². The Labute approximate surface area is 286 Å². The van der Waals surface area contributed by atoms with Crippen LogP contribution < -0.4 is 9.47 Å². The minimum Gasteiger partial charge on any atom is -0.481 e. The van der Waals surface area contributed by atoms with E-state index in [2.05, 4.69) is 13.8 Å². The van der Waals surface area contributed by atoms with E-state index in [0.29, 0.717) is 35.2 Å². The molecule has 4 aliphatic carbocycles. The van der Waals surface area contributed by atoms with E-state index in [-0.39, 0.29) is 37.4 Å². The fraction of sp³-hybridized carbons (Fsp3) is 0.619. The van der Waals surface area contributed by atoms with Crippen LogP contribution in [-0.4, -0.2) is 37.4 Å². The Hall–Kier alpha value is -3.28. The predicted octanol–water partition coefficient (Wildman–Crippen LogP) is 9.83. The molecule has 258 valence electrons. The minimum atomic E-state index is -0.330. The standard InChI is InChI=1S/C42H54O6/c1-27(31-23-11-15-29-13-3-5-17-33(29)31)47-39(43)25-45-41-35-19-7-9-21-37(35)42(38-22-10-8-20-36(38)41)46-26-40(44)48-28(2)32-24-12-16-30-14-4-6-18-34(30)32/h7-10,19-22,27-34H,3-6,11-18,23-26H2,1-2H3. The van der Waals surface area contributed by atoms with Crippen LogP contribution in [0.4, 0.5) is 0 Å². The summed E-state index contributed by atoms with van der Waals surface area (Å²) in [4.78, 5) is 26.4. The molecule has 4 fully saturated rings. The van der Waals surface area contributed by atoms with E-state index in [1.807, 2.05) is 48.5 Å². The van der Waals surface area contributed by atoms with Crippen LogP contribution in [-0.2, 0) is 19.1 Å². The molecule has 48 heavy (non-hydrogen) atoms. The number of hydrogen-bond acceptors (Lipinski definition) is 6. The molecule has 4 aliphatic rings. The number of carbonyl (C=O) groups is 2. The Morgan fingerprint density at radius 2 is 0.896 bits per heavy atom. The SMILES string of the molecule is CC(OC(=O)COc1c2ccccc2c(OCC(=O)OC(C)C2CCCC3CCCCC32)c2ccccc12)C1CCCC2CCCCC21. The van der Waals surface area contributed by atoms with Crippen LogP contribution >= 0.6 is 0 Å². The summed E-state index contributed by atoms with van der Waals surface area (Å²) in [6.45, 7) is 3.83. The summed E-state index contributed by atoms with van der Waals surface area (Å²) in [5, 5.41) is 3.32. The van der Waals surface area contributed by atoms with Crippen LogP contribution in [0, 0.1) is 35.5 Å². The smallest absolute Gasteiger partial charge is 0.344 e. The molecule has 0 radical (unpaired) electrons. The summed E-state index contributed by atoms with van der Waals surface area (Å²) >= 11 is 0. The molecule has 0 saturated heterocycles. The highest BCUT2D eigenvalue weighted by Gasteiger charge is 2.40. The molecular weight excluding hydrogens is 600 g/mol. The van der Waals surface area contributed by atoms with Gasteiger partial charge in [0.2, 0.25) is 0 Å². The number of benzene rings is 3. The first-order chi connectivity index (χ1) is 23.5. The highest BCUT2D eigenvalue weighted by atomic mass is 16.6. The normalized spacial score (nSPS) is 28.5. The Kier molecular flexibility index (Phi) is 10.4. The van der Waals surface area contributed by atoms with Crippen LogP contribution in [0.1, 0.15) is 104 Å². The number of fused-ring (bicyclic) bond motifs is 4. The van der Waals surface area contributed by atoms with Gasteiger partial charge in [0.15, 0.2) is 13.2 Å². The molecule has 0 bridgehead atoms. The second-order valence-electron chi connectivity index (χ2n) is 15.3. The van der Waals surface area contributed by atoms with E-state index in [1.54, 1.807) is 0 Å². The van der Waals surface area contributed by atoms with Gasteiger partial charge >= 0.3 is 11.9 Å². The van der Waals surface area contributed by atoms with Crippen molar-refractivity contribution >= 4 is 33.5 Å². The third-order valence-electron chi connectivity index (χ3n) is 12.6. The molecule has 0 aliphatic heterocycles. The van der Waals surface area contributed by atoms with E-state index in [4.69, 9.17) is 18.9 Å². The summed E-state index contributed by atoms with van der Waals surface area (Å²) < 4.78 is 24.7. The van der Waals surface area contributed by atoms with Crippen molar-refractivity contribution in [2.24, 2.45) is 35.5 Å². The monoisotopic (exact) mass is 654 g/mol. The van der Waals surface area contributed by atoms with Gasteiger partial charge in [0.05, 0.1) is 0 Å². The average Bonchev–Trinajstić information content (AvgIpc) is 3.12. The Bertz CT molecular complexity index is 1400. The van der Waals surface area contributed by atoms with Gasteiger partial charge in [0.25, 0.3) is 0 Å². The van der Waals surface area contributed by atoms with Crippen molar-refractivity contribution in [3.63, 3.8) is 0 Å². The lowest BCUT2D eigenvalue weighted by Gasteiger charge is -2.43. The highest BCUT2D eigenvalue weighted by molar-refractivity contribution is 6.11. The maximum Gasteiger partial charge on any atom is 0.344 e. The van der Waals surface area contributed by atoms with E-state index < -0.39 is 0 Å². The number of carbonyl (C=O) groups excluding carboxylic acids is 2. The number of esters is 2. The summed E-state index contributed by atoms with van der Waals surface area (Å²) in [6.07, 6.45) is 17.6. The lowest BCUT2D eigenvalue weighted by atomic mass is 9.64. The Morgan fingerprint density at radius 1 is 0.542 bits per heavy atom. The van der Waals surface area contributed by atoms with Crippen LogP contribution in [0.15, 0.2) is 48.5 Å². The van der Waals surface area contributed by atoms with Crippen molar-refractivity contribution in [3.8, 4) is 11.5 Å². The molecule has 6 heteroatoms. The second kappa shape index (κ2) is 15.1. The molecule has 0 spiro atoms. The van der Waals surface area contributed by atoms with Gasteiger partial charge < -0.3 is 18.9 Å². The van der Waals surface area contributed by atoms with Gasteiger partial charge in [0, 0.05) is 21.5 Å². The molecule has 8 atom stereocenters. The summed E-state index contributed by atoms with van der Waals surface area (Å²) in [5.74, 6) is 4.39. The molecule has 8 unspecified atom stereocenters. The fourth-order valence-electron chi connectivity index (χ4n) is 10.4. The quantitative estimate of drug-likeness (QED) is 0.160. The summed E-state index contributed by atoms with van der Waals surface area (Å²) in [7, 11) is 0. The molecule has 4 saturated carbocycles. The number of rotatable bonds is 10. The number of hydrogen-bond donors (Lipinski definition) is 0. The molecule has 0 heterocycles. The van der Waals surface area contributed by atoms with Gasteiger partial charge in [-0.2, -0.15) is 0 Å². The molecular formula is C42H54O6. The van der Waals surface area contributed by atoms with Gasteiger partial charge in [-0.05, 0) is 75.0 Å². The predicted molar refractivity (Wildman–Crippen MR) is 189 cm³/mol. The first kappa shape index (κ1) is 33.2. The molecule has 3 aromatic rings. The molecule has 6 nitrogen and oxygen atoms in total. The van der Waals surface area contributed by atoms with Crippen LogP contribution in [0.5, 0.6) is 11.5 Å². The fourth-order valence-corrected chi connectivity index (χ4v) is 10.4. The summed E-state index contributed by atoms with van der Waals surface area (Å²) in [6, 6.07) is 15.7. The van der Waals surface area contributed by atoms with E-state index in [0.717, 1.165) is 46.2 Å². The average molecular weight is 655 g/mol. The lowest BCUT2D eigenvalue weighted by molar-refractivity contribution is -0.157. The molecule has 0 aromatic heterocycles. The van der Waals surface area contributed by atoms with Crippen LogP contribution in [0.3, 0.4) is 0 Å². The van der Waals surface area contributed by atoms with Crippen molar-refractivity contribution in [2.75, 3.05) is 13.2 Å². The molecule has 3 aromatic carbocycles. The second-order valence-corrected chi connectivity index (χ2v) is 15.3. The first-order valence-electron chi connectivity index (χ1n) is 19.1. The van der Waals surface area contributed by atoms with Gasteiger partial charge in [-0.3, -0.25) is 0 Å². The van der Waals surface area contributed by atoms with Gasteiger partial charge in [0.1, 0.15) is 23.7 Å². The maximum absolute atomic E-state index is 13.2. The zero-order chi connectivity index (χ0) is 33.0. The highest BCUT2D eigenvalue weighted by Crippen LogP contribution is 2.47. The third kappa shape index (κ3) is 7.05. The first-order valence-corrected chi connectivity index (χ1v) is 19.1. The summed E-state index contributed by atoms with van der Waals surface area (Å²) in [5.41, 5.74) is 0. The van der Waals surface area contributed by atoms with Crippen molar-refractivity contribution in [1.82, 2.24) is 0 Å². The Morgan fingerprint density at radius 3 is 1.29 bits per heavy atom. The molecule has 0 N–H and O–H groups in total. The Balaban J connectivity index is 1.03. The van der Waals surface area contributed by atoms with Crippen LogP contribution in [0.25, 0.3) is 21.5 Å². The molecule has 0 amide bonds. The van der Waals surface area contributed by atoms with Crippen LogP contribution in [0.2, 0.25) is 0 Å². The minimum absolute atomic E-state index is 0.110. The molecule has 7 rings (SSSR count). The zero-order valence-corrected chi connectivity index (χ0v) is 29.0. The van der Waals surface area contributed by atoms with Crippen molar-refractivity contribution in [2.45, 2.75) is 116 Å². The van der Waals surface area contributed by atoms with Crippen molar-refractivity contribution in [1.29, 1.82) is 0 Å². The third-order valence-corrected chi connectivity index (χ3v) is 12.6. The van der Waals surface area contributed by atoms with E-state index in [1.165, 1.54) is 77.0 Å². The topological polar surface area (TPSA) is 71.1 Å². The largest absolute Gasteiger partial charge is 0.481 e. The van der Waals surface area contributed by atoms with E-state index in [9.17, 15) is 9.59 Å². The van der Waals surface area contributed by atoms with Crippen molar-refractivity contribution in [3.05, 3.63) is 48.5 Å². The van der Waals surface area contributed by atoms with E-state index >= 15 is 0 Å².